The van der Waals surface area contributed by atoms with Gasteiger partial charge in [0, 0.05) is 5.69 Å². The number of ether oxygens (including phenoxy) is 1. The largest absolute Gasteiger partial charge is 0.487 e. The van der Waals surface area contributed by atoms with Gasteiger partial charge in [-0.1, -0.05) is 36.4 Å². The summed E-state index contributed by atoms with van der Waals surface area (Å²) >= 11 is 0. The van der Waals surface area contributed by atoms with E-state index >= 15 is 0 Å². The molecule has 0 unspecified atom stereocenters. The average molecular weight is 338 g/mol. The lowest BCUT2D eigenvalue weighted by Crippen LogP contribution is -2.22. The fourth-order valence-electron chi connectivity index (χ4n) is 2.72. The van der Waals surface area contributed by atoms with Crippen molar-refractivity contribution in [1.29, 1.82) is 0 Å². The molecular weight excluding hydrogens is 312 g/mol. The fourth-order valence-corrected chi connectivity index (χ4v) is 2.72. The molecule has 2 aromatic carbocycles. The highest BCUT2D eigenvalue weighted by molar-refractivity contribution is 5.95. The van der Waals surface area contributed by atoms with E-state index in [-0.39, 0.29) is 12.5 Å². The standard InChI is InChI=1S/C21H26N2O2/c1-14(2)13-25-19-9-7-6-8-18(19)23-20(24)12-22-21-16(4)10-15(3)11-17(21)5/h6-11,22H,1,12-13H2,2-5H3,(H,23,24). The van der Waals surface area contributed by atoms with Gasteiger partial charge in [-0.3, -0.25) is 4.79 Å². The molecule has 25 heavy (non-hydrogen) atoms. The second-order valence-electron chi connectivity index (χ2n) is 6.42. The number of benzene rings is 2. The molecule has 0 saturated heterocycles. The van der Waals surface area contributed by atoms with E-state index in [2.05, 4.69) is 36.3 Å². The first-order chi connectivity index (χ1) is 11.9. The Morgan fingerprint density at radius 1 is 1.12 bits per heavy atom. The van der Waals surface area contributed by atoms with Gasteiger partial charge >= 0.3 is 0 Å². The molecule has 2 aromatic rings. The predicted molar refractivity (Wildman–Crippen MR) is 105 cm³/mol. The highest BCUT2D eigenvalue weighted by Crippen LogP contribution is 2.25. The van der Waals surface area contributed by atoms with Crippen LogP contribution < -0.4 is 15.4 Å². The SMILES string of the molecule is C=C(C)COc1ccccc1NC(=O)CNc1c(C)cc(C)cc1C. The van der Waals surface area contributed by atoms with E-state index in [9.17, 15) is 4.79 Å². The van der Waals surface area contributed by atoms with E-state index in [1.54, 1.807) is 0 Å². The molecule has 0 aromatic heterocycles. The molecule has 0 fully saturated rings. The first-order valence-electron chi connectivity index (χ1n) is 8.34. The van der Waals surface area contributed by atoms with Crippen molar-refractivity contribution in [2.75, 3.05) is 23.8 Å². The maximum absolute atomic E-state index is 12.3. The van der Waals surface area contributed by atoms with Gasteiger partial charge in [0.25, 0.3) is 0 Å². The van der Waals surface area contributed by atoms with Crippen LogP contribution >= 0.6 is 0 Å². The Bertz CT molecular complexity index is 758. The maximum atomic E-state index is 12.3. The third kappa shape index (κ3) is 5.38. The number of carbonyl (C=O) groups excluding carboxylic acids is 1. The molecule has 0 saturated carbocycles. The molecule has 4 nitrogen and oxygen atoms in total. The highest BCUT2D eigenvalue weighted by atomic mass is 16.5. The van der Waals surface area contributed by atoms with Crippen LogP contribution in [0.2, 0.25) is 0 Å². The molecule has 0 radical (unpaired) electrons. The summed E-state index contributed by atoms with van der Waals surface area (Å²) in [4.78, 5) is 12.3. The van der Waals surface area contributed by atoms with E-state index in [1.165, 1.54) is 5.56 Å². The number of nitrogens with one attached hydrogen (secondary N) is 2. The van der Waals surface area contributed by atoms with Gasteiger partial charge in [0.2, 0.25) is 5.91 Å². The minimum atomic E-state index is -0.120. The van der Waals surface area contributed by atoms with Crippen molar-refractivity contribution in [2.24, 2.45) is 0 Å². The maximum Gasteiger partial charge on any atom is 0.243 e. The van der Waals surface area contributed by atoms with Crippen molar-refractivity contribution in [3.05, 3.63) is 65.2 Å². The number of hydrogen-bond acceptors (Lipinski definition) is 3. The second kappa shape index (κ2) is 8.38. The monoisotopic (exact) mass is 338 g/mol. The molecule has 0 bridgehead atoms. The van der Waals surface area contributed by atoms with E-state index in [1.807, 2.05) is 45.0 Å². The molecule has 0 aliphatic heterocycles. The van der Waals surface area contributed by atoms with Gasteiger partial charge < -0.3 is 15.4 Å². The van der Waals surface area contributed by atoms with Crippen LogP contribution in [0.1, 0.15) is 23.6 Å². The Labute approximate surface area is 149 Å². The first kappa shape index (κ1) is 18.6. The smallest absolute Gasteiger partial charge is 0.243 e. The molecule has 2 N–H and O–H groups in total. The Balaban J connectivity index is 2.00. The zero-order valence-electron chi connectivity index (χ0n) is 15.4. The van der Waals surface area contributed by atoms with Crippen molar-refractivity contribution in [3.8, 4) is 5.75 Å². The Morgan fingerprint density at radius 2 is 1.76 bits per heavy atom. The zero-order valence-corrected chi connectivity index (χ0v) is 15.4. The van der Waals surface area contributed by atoms with Crippen LogP contribution in [-0.2, 0) is 4.79 Å². The minimum Gasteiger partial charge on any atom is -0.487 e. The summed E-state index contributed by atoms with van der Waals surface area (Å²) in [7, 11) is 0. The lowest BCUT2D eigenvalue weighted by atomic mass is 10.1. The van der Waals surface area contributed by atoms with Crippen LogP contribution in [0.4, 0.5) is 11.4 Å². The van der Waals surface area contributed by atoms with Crippen molar-refractivity contribution in [2.45, 2.75) is 27.7 Å². The Morgan fingerprint density at radius 3 is 2.40 bits per heavy atom. The molecule has 4 heteroatoms. The Kier molecular flexibility index (Phi) is 6.23. The number of aryl methyl sites for hydroxylation is 3. The lowest BCUT2D eigenvalue weighted by Gasteiger charge is -2.15. The molecule has 1 amide bonds. The Hall–Kier alpha value is -2.75. The predicted octanol–water partition coefficient (Wildman–Crippen LogP) is 4.62. The molecule has 132 valence electrons. The van der Waals surface area contributed by atoms with Crippen LogP contribution in [0.5, 0.6) is 5.75 Å². The third-order valence-corrected chi connectivity index (χ3v) is 3.74. The van der Waals surface area contributed by atoms with Crippen molar-refractivity contribution >= 4 is 17.3 Å². The van der Waals surface area contributed by atoms with Crippen LogP contribution in [0.3, 0.4) is 0 Å². The quantitative estimate of drug-likeness (QED) is 0.724. The van der Waals surface area contributed by atoms with Gasteiger partial charge in [-0.2, -0.15) is 0 Å². The van der Waals surface area contributed by atoms with Crippen molar-refractivity contribution < 1.29 is 9.53 Å². The summed E-state index contributed by atoms with van der Waals surface area (Å²) in [5.41, 5.74) is 6.08. The van der Waals surface area contributed by atoms with Gasteiger partial charge in [-0.05, 0) is 56.5 Å². The first-order valence-corrected chi connectivity index (χ1v) is 8.34. The third-order valence-electron chi connectivity index (χ3n) is 3.74. The van der Waals surface area contributed by atoms with E-state index < -0.39 is 0 Å². The van der Waals surface area contributed by atoms with Crippen molar-refractivity contribution in [1.82, 2.24) is 0 Å². The molecule has 0 atom stereocenters. The summed E-state index contributed by atoms with van der Waals surface area (Å²) in [6.45, 7) is 12.5. The normalized spacial score (nSPS) is 10.2. The van der Waals surface area contributed by atoms with E-state index in [0.717, 1.165) is 22.4 Å². The molecule has 0 aliphatic rings. The number of carbonyl (C=O) groups is 1. The molecule has 0 aliphatic carbocycles. The van der Waals surface area contributed by atoms with Crippen molar-refractivity contribution in [3.63, 3.8) is 0 Å². The van der Waals surface area contributed by atoms with Gasteiger partial charge in [0.15, 0.2) is 0 Å². The van der Waals surface area contributed by atoms with Crippen LogP contribution in [0.25, 0.3) is 0 Å². The number of anilines is 2. The second-order valence-corrected chi connectivity index (χ2v) is 6.42. The fraction of sp³-hybridized carbons (Fsp3) is 0.286. The molecule has 0 spiro atoms. The van der Waals surface area contributed by atoms with Crippen LogP contribution in [0, 0.1) is 20.8 Å². The zero-order chi connectivity index (χ0) is 18.4. The number of rotatable bonds is 7. The lowest BCUT2D eigenvalue weighted by molar-refractivity contribution is -0.114. The number of hydrogen-bond donors (Lipinski definition) is 2. The summed E-state index contributed by atoms with van der Waals surface area (Å²) in [6, 6.07) is 11.6. The van der Waals surface area contributed by atoms with Gasteiger partial charge in [-0.25, -0.2) is 0 Å². The van der Waals surface area contributed by atoms with Gasteiger partial charge in [-0.15, -0.1) is 0 Å². The van der Waals surface area contributed by atoms with E-state index in [0.29, 0.717) is 18.0 Å². The van der Waals surface area contributed by atoms with Crippen LogP contribution in [0.15, 0.2) is 48.6 Å². The average Bonchev–Trinajstić information content (AvgIpc) is 2.53. The highest BCUT2D eigenvalue weighted by Gasteiger charge is 2.09. The van der Waals surface area contributed by atoms with Gasteiger partial charge in [0.05, 0.1) is 12.2 Å². The number of amides is 1. The summed E-state index contributed by atoms with van der Waals surface area (Å²) < 4.78 is 5.68. The molecular formula is C21H26N2O2. The molecule has 0 heterocycles. The topological polar surface area (TPSA) is 50.4 Å². The van der Waals surface area contributed by atoms with Gasteiger partial charge in [0.1, 0.15) is 12.4 Å². The summed E-state index contributed by atoms with van der Waals surface area (Å²) in [6.07, 6.45) is 0. The minimum absolute atomic E-state index is 0.120. The molecule has 2 rings (SSSR count). The van der Waals surface area contributed by atoms with E-state index in [4.69, 9.17) is 4.74 Å². The number of para-hydroxylation sites is 2. The summed E-state index contributed by atoms with van der Waals surface area (Å²) in [5.74, 6) is 0.521. The summed E-state index contributed by atoms with van der Waals surface area (Å²) in [5, 5.41) is 6.13. The van der Waals surface area contributed by atoms with Crippen LogP contribution in [-0.4, -0.2) is 19.1 Å².